The zero-order valence-electron chi connectivity index (χ0n) is 9.44. The normalized spacial score (nSPS) is 14.4. The predicted molar refractivity (Wildman–Crippen MR) is 71.1 cm³/mol. The quantitative estimate of drug-likeness (QED) is 0.542. The fourth-order valence-corrected chi connectivity index (χ4v) is 2.65. The van der Waals surface area contributed by atoms with Gasteiger partial charge in [-0.15, -0.1) is 0 Å². The van der Waals surface area contributed by atoms with Crippen LogP contribution in [-0.4, -0.2) is 0 Å². The topological polar surface area (TPSA) is 13.1 Å². The van der Waals surface area contributed by atoms with E-state index in [2.05, 4.69) is 36.4 Å². The molecule has 17 heavy (non-hydrogen) atoms. The fraction of sp³-hybridized carbons (Fsp3) is 0.125. The number of fused-ring (bicyclic) bond motifs is 4. The third kappa shape index (κ3) is 1.26. The van der Waals surface area contributed by atoms with Crippen molar-refractivity contribution < 1.29 is 4.42 Å². The van der Waals surface area contributed by atoms with E-state index in [1.807, 2.05) is 12.1 Å². The number of para-hydroxylation sites is 1. The zero-order chi connectivity index (χ0) is 11.2. The van der Waals surface area contributed by atoms with Crippen LogP contribution in [0.1, 0.15) is 17.5 Å². The molecule has 0 spiro atoms. The maximum atomic E-state index is 5.89. The predicted octanol–water partition coefficient (Wildman–Crippen LogP) is 4.55. The number of hydrogen-bond acceptors (Lipinski definition) is 1. The molecule has 1 aromatic heterocycles. The first-order chi connectivity index (χ1) is 8.42. The minimum Gasteiger partial charge on any atom is -0.456 e. The maximum absolute atomic E-state index is 5.89. The first-order valence-electron chi connectivity index (χ1n) is 6.02. The van der Waals surface area contributed by atoms with Gasteiger partial charge in [0.1, 0.15) is 11.2 Å². The van der Waals surface area contributed by atoms with Crippen molar-refractivity contribution in [1.82, 2.24) is 0 Å². The van der Waals surface area contributed by atoms with Crippen LogP contribution < -0.4 is 0 Å². The summed E-state index contributed by atoms with van der Waals surface area (Å²) in [6, 6.07) is 12.7. The van der Waals surface area contributed by atoms with Crippen LogP contribution in [0.5, 0.6) is 0 Å². The van der Waals surface area contributed by atoms with E-state index in [1.54, 1.807) is 0 Å². The molecule has 0 atom stereocenters. The van der Waals surface area contributed by atoms with Gasteiger partial charge in [0, 0.05) is 10.8 Å². The second kappa shape index (κ2) is 3.24. The van der Waals surface area contributed by atoms with Gasteiger partial charge in [-0.2, -0.15) is 0 Å². The third-order valence-corrected chi connectivity index (χ3v) is 3.52. The number of allylic oxidation sites excluding steroid dienone is 1. The van der Waals surface area contributed by atoms with Gasteiger partial charge >= 0.3 is 0 Å². The largest absolute Gasteiger partial charge is 0.456 e. The van der Waals surface area contributed by atoms with Crippen LogP contribution in [0.3, 0.4) is 0 Å². The van der Waals surface area contributed by atoms with Gasteiger partial charge < -0.3 is 4.42 Å². The molecule has 0 radical (unpaired) electrons. The lowest BCUT2D eigenvalue weighted by atomic mass is 9.95. The molecular formula is C16H12O. The fourth-order valence-electron chi connectivity index (χ4n) is 2.65. The molecule has 0 N–H and O–H groups in total. The Morgan fingerprint density at radius 1 is 0.941 bits per heavy atom. The molecule has 0 saturated heterocycles. The highest BCUT2D eigenvalue weighted by Gasteiger charge is 2.11. The lowest BCUT2D eigenvalue weighted by Crippen LogP contribution is -1.92. The van der Waals surface area contributed by atoms with Crippen molar-refractivity contribution in [3.8, 4) is 0 Å². The van der Waals surface area contributed by atoms with E-state index in [1.165, 1.54) is 21.9 Å². The molecule has 4 rings (SSSR count). The lowest BCUT2D eigenvalue weighted by Gasteiger charge is -2.09. The summed E-state index contributed by atoms with van der Waals surface area (Å²) in [7, 11) is 0. The van der Waals surface area contributed by atoms with Crippen molar-refractivity contribution in [2.75, 3.05) is 0 Å². The highest BCUT2D eigenvalue weighted by Crippen LogP contribution is 2.32. The van der Waals surface area contributed by atoms with Crippen molar-refractivity contribution in [2.45, 2.75) is 12.8 Å². The first-order valence-corrected chi connectivity index (χ1v) is 6.02. The Hall–Kier alpha value is -2.02. The maximum Gasteiger partial charge on any atom is 0.135 e. The van der Waals surface area contributed by atoms with Gasteiger partial charge in [-0.3, -0.25) is 0 Å². The Morgan fingerprint density at radius 2 is 1.88 bits per heavy atom. The second-order valence-electron chi connectivity index (χ2n) is 4.59. The van der Waals surface area contributed by atoms with E-state index in [4.69, 9.17) is 4.42 Å². The molecule has 0 bridgehead atoms. The van der Waals surface area contributed by atoms with E-state index in [9.17, 15) is 0 Å². The number of benzene rings is 2. The minimum atomic E-state index is 0.980. The van der Waals surface area contributed by atoms with Crippen LogP contribution in [-0.2, 0) is 6.42 Å². The zero-order valence-corrected chi connectivity index (χ0v) is 9.44. The Morgan fingerprint density at radius 3 is 2.88 bits per heavy atom. The number of aryl methyl sites for hydroxylation is 1. The lowest BCUT2D eigenvalue weighted by molar-refractivity contribution is 0.668. The molecule has 1 heterocycles. The SMILES string of the molecule is C1=Cc2cc3c(cc2CC1)oc1ccccc13. The van der Waals surface area contributed by atoms with Crippen molar-refractivity contribution in [3.05, 3.63) is 53.6 Å². The Kier molecular flexibility index (Phi) is 1.72. The Labute approximate surface area is 99.4 Å². The second-order valence-corrected chi connectivity index (χ2v) is 4.59. The monoisotopic (exact) mass is 220 g/mol. The molecule has 0 unspecified atom stereocenters. The molecule has 0 aliphatic heterocycles. The molecule has 3 aromatic rings. The van der Waals surface area contributed by atoms with Gasteiger partial charge in [0.25, 0.3) is 0 Å². The van der Waals surface area contributed by atoms with E-state index >= 15 is 0 Å². The van der Waals surface area contributed by atoms with Crippen LogP contribution in [0.2, 0.25) is 0 Å². The van der Waals surface area contributed by atoms with E-state index < -0.39 is 0 Å². The Balaban J connectivity index is 2.16. The molecule has 1 heteroatoms. The van der Waals surface area contributed by atoms with Gasteiger partial charge in [0.05, 0.1) is 0 Å². The number of hydrogen-bond donors (Lipinski definition) is 0. The van der Waals surface area contributed by atoms with Crippen molar-refractivity contribution >= 4 is 28.0 Å². The van der Waals surface area contributed by atoms with Crippen molar-refractivity contribution in [2.24, 2.45) is 0 Å². The van der Waals surface area contributed by atoms with Gasteiger partial charge in [-0.25, -0.2) is 0 Å². The average Bonchev–Trinajstić information content (AvgIpc) is 2.73. The summed E-state index contributed by atoms with van der Waals surface area (Å²) in [5, 5.41) is 2.44. The van der Waals surface area contributed by atoms with Crippen molar-refractivity contribution in [3.63, 3.8) is 0 Å². The first kappa shape index (κ1) is 9.06. The van der Waals surface area contributed by atoms with E-state index in [0.29, 0.717) is 0 Å². The molecule has 0 amide bonds. The summed E-state index contributed by atoms with van der Waals surface area (Å²) in [6.07, 6.45) is 6.73. The Bertz CT molecular complexity index is 747. The summed E-state index contributed by atoms with van der Waals surface area (Å²) in [6.45, 7) is 0. The summed E-state index contributed by atoms with van der Waals surface area (Å²) in [4.78, 5) is 0. The standard InChI is InChI=1S/C16H12O/c1-2-6-12-10-16-14(9-11(12)5-1)13-7-3-4-8-15(13)17-16/h1,3-5,7-10H,2,6H2. The van der Waals surface area contributed by atoms with Crippen LogP contribution in [0.15, 0.2) is 46.9 Å². The average molecular weight is 220 g/mol. The van der Waals surface area contributed by atoms with Crippen LogP contribution in [0.4, 0.5) is 0 Å². The number of rotatable bonds is 0. The summed E-state index contributed by atoms with van der Waals surface area (Å²) < 4.78 is 5.89. The highest BCUT2D eigenvalue weighted by atomic mass is 16.3. The van der Waals surface area contributed by atoms with Crippen LogP contribution in [0.25, 0.3) is 28.0 Å². The van der Waals surface area contributed by atoms with Gasteiger partial charge in [0.2, 0.25) is 0 Å². The molecule has 82 valence electrons. The van der Waals surface area contributed by atoms with Gasteiger partial charge in [0.15, 0.2) is 0 Å². The third-order valence-electron chi connectivity index (χ3n) is 3.52. The summed E-state index contributed by atoms with van der Waals surface area (Å²) in [5.74, 6) is 0. The van der Waals surface area contributed by atoms with E-state index in [-0.39, 0.29) is 0 Å². The van der Waals surface area contributed by atoms with Gasteiger partial charge in [-0.1, -0.05) is 30.4 Å². The minimum absolute atomic E-state index is 0.980. The molecular weight excluding hydrogens is 208 g/mol. The van der Waals surface area contributed by atoms with Crippen molar-refractivity contribution in [1.29, 1.82) is 0 Å². The summed E-state index contributed by atoms with van der Waals surface area (Å²) in [5.41, 5.74) is 4.74. The molecule has 0 saturated carbocycles. The van der Waals surface area contributed by atoms with Crippen LogP contribution in [0, 0.1) is 0 Å². The van der Waals surface area contributed by atoms with Gasteiger partial charge in [-0.05, 0) is 42.2 Å². The van der Waals surface area contributed by atoms with Crippen LogP contribution >= 0.6 is 0 Å². The highest BCUT2D eigenvalue weighted by molar-refractivity contribution is 6.05. The molecule has 1 aliphatic carbocycles. The molecule has 2 aromatic carbocycles. The van der Waals surface area contributed by atoms with E-state index in [0.717, 1.165) is 24.0 Å². The molecule has 1 nitrogen and oxygen atoms in total. The smallest absolute Gasteiger partial charge is 0.135 e. The molecule has 1 aliphatic rings. The molecule has 0 fully saturated rings. The summed E-state index contributed by atoms with van der Waals surface area (Å²) >= 11 is 0. The number of furan rings is 1.